The third-order valence-corrected chi connectivity index (χ3v) is 11.4. The molecule has 0 heterocycles. The topological polar surface area (TPSA) is 0 Å². The molecule has 13 heavy (non-hydrogen) atoms. The second-order valence-corrected chi connectivity index (χ2v) is 18.2. The molecule has 1 aliphatic carbocycles. The Labute approximate surface area is 95.5 Å². The maximum atomic E-state index is 5.67. The van der Waals surface area contributed by atoms with Gasteiger partial charge in [0.05, 0.1) is 4.44 Å². The predicted molar refractivity (Wildman–Crippen MR) is 72.7 cm³/mol. The Morgan fingerprint density at radius 1 is 1.38 bits per heavy atom. The Bertz CT molecular complexity index is 215. The summed E-state index contributed by atoms with van der Waals surface area (Å²) in [6.07, 6.45) is 2.89. The zero-order valence-electron chi connectivity index (χ0n) is 8.87. The smallest absolute Gasteiger partial charge is 0.0547 e. The summed E-state index contributed by atoms with van der Waals surface area (Å²) >= 11 is 9.76. The number of hydrogen-bond acceptors (Lipinski definition) is 3. The second-order valence-electron chi connectivity index (χ2n) is 4.71. The fraction of sp³-hybridized carbons (Fsp3) is 1.00. The van der Waals surface area contributed by atoms with E-state index in [9.17, 15) is 0 Å². The molecule has 0 nitrogen and oxygen atoms in total. The van der Waals surface area contributed by atoms with Crippen molar-refractivity contribution in [2.45, 2.75) is 38.4 Å². The molecule has 1 atom stereocenters. The summed E-state index contributed by atoms with van der Waals surface area (Å²) < 4.78 is -0.827. The molecule has 1 aliphatic rings. The van der Waals surface area contributed by atoms with Crippen LogP contribution in [-0.4, -0.2) is 17.2 Å². The standard InChI is InChI=1S/C9H19PS3/c1-9(2,3)13-10(4,11)12-7-8-5-6-8/h8H,5-7H2,1-4H3. The van der Waals surface area contributed by atoms with Gasteiger partial charge in [-0.15, -0.1) is 22.8 Å². The minimum Gasteiger partial charge on any atom is -0.114 e. The van der Waals surface area contributed by atoms with E-state index in [1.807, 2.05) is 11.4 Å². The third-order valence-electron chi connectivity index (χ3n) is 1.68. The van der Waals surface area contributed by atoms with Crippen LogP contribution < -0.4 is 0 Å². The maximum absolute atomic E-state index is 5.67. The normalized spacial score (nSPS) is 22.8. The molecule has 0 aromatic carbocycles. The summed E-state index contributed by atoms with van der Waals surface area (Å²) in [6, 6.07) is 0. The predicted octanol–water partition coefficient (Wildman–Crippen LogP) is 4.60. The molecule has 1 rings (SSSR count). The van der Waals surface area contributed by atoms with Gasteiger partial charge in [0.2, 0.25) is 0 Å². The molecule has 78 valence electrons. The molecular formula is C9H19PS3. The van der Waals surface area contributed by atoms with Crippen LogP contribution in [0.1, 0.15) is 33.6 Å². The van der Waals surface area contributed by atoms with Crippen molar-refractivity contribution in [2.75, 3.05) is 12.4 Å². The molecule has 0 aliphatic heterocycles. The lowest BCUT2D eigenvalue weighted by Gasteiger charge is -2.25. The first-order valence-electron chi connectivity index (χ1n) is 4.71. The van der Waals surface area contributed by atoms with Crippen LogP contribution in [0.3, 0.4) is 0 Å². The van der Waals surface area contributed by atoms with E-state index in [1.54, 1.807) is 0 Å². The summed E-state index contributed by atoms with van der Waals surface area (Å²) in [5.41, 5.74) is 0. The Morgan fingerprint density at radius 2 is 1.92 bits per heavy atom. The minimum absolute atomic E-state index is 0.334. The SMILES string of the molecule is CC(C)(C)SP(C)(=S)SCC1CC1. The molecule has 0 aromatic heterocycles. The van der Waals surface area contributed by atoms with Crippen molar-refractivity contribution in [2.24, 2.45) is 5.92 Å². The number of rotatable bonds is 4. The molecule has 0 spiro atoms. The zero-order chi connectivity index (χ0) is 10.1. The molecule has 1 unspecified atom stereocenters. The molecule has 1 saturated carbocycles. The fourth-order valence-electron chi connectivity index (χ4n) is 1.05. The van der Waals surface area contributed by atoms with Gasteiger partial charge >= 0.3 is 0 Å². The molecule has 4 heteroatoms. The van der Waals surface area contributed by atoms with E-state index < -0.39 is 4.44 Å². The van der Waals surface area contributed by atoms with Crippen molar-refractivity contribution in [3.8, 4) is 0 Å². The van der Waals surface area contributed by atoms with E-state index in [2.05, 4.69) is 38.8 Å². The highest BCUT2D eigenvalue weighted by Crippen LogP contribution is 2.70. The fourth-order valence-corrected chi connectivity index (χ4v) is 13.1. The second kappa shape index (κ2) is 4.47. The van der Waals surface area contributed by atoms with Crippen LogP contribution in [0, 0.1) is 5.92 Å². The van der Waals surface area contributed by atoms with Crippen LogP contribution in [0.4, 0.5) is 0 Å². The van der Waals surface area contributed by atoms with Crippen LogP contribution in [0.25, 0.3) is 0 Å². The zero-order valence-corrected chi connectivity index (χ0v) is 12.2. The van der Waals surface area contributed by atoms with Crippen molar-refractivity contribution in [3.05, 3.63) is 0 Å². The Hall–Kier alpha value is 1.35. The van der Waals surface area contributed by atoms with E-state index in [0.29, 0.717) is 4.75 Å². The third kappa shape index (κ3) is 6.43. The van der Waals surface area contributed by atoms with E-state index in [0.717, 1.165) is 5.92 Å². The largest absolute Gasteiger partial charge is 0.114 e. The molecule has 0 aromatic rings. The first kappa shape index (κ1) is 12.4. The van der Waals surface area contributed by atoms with Crippen molar-refractivity contribution in [3.63, 3.8) is 0 Å². The van der Waals surface area contributed by atoms with Gasteiger partial charge in [-0.1, -0.05) is 32.6 Å². The van der Waals surface area contributed by atoms with Gasteiger partial charge in [-0.2, -0.15) is 0 Å². The highest BCUT2D eigenvalue weighted by Gasteiger charge is 2.26. The van der Waals surface area contributed by atoms with Crippen LogP contribution >= 0.6 is 27.2 Å². The van der Waals surface area contributed by atoms with Crippen molar-refractivity contribution in [1.82, 2.24) is 0 Å². The van der Waals surface area contributed by atoms with Crippen molar-refractivity contribution in [1.29, 1.82) is 0 Å². The first-order valence-corrected chi connectivity index (χ1v) is 11.0. The van der Waals surface area contributed by atoms with E-state index in [4.69, 9.17) is 11.8 Å². The highest BCUT2D eigenvalue weighted by atomic mass is 33.2. The highest BCUT2D eigenvalue weighted by molar-refractivity contribution is 9.00. The first-order chi connectivity index (χ1) is 5.79. The van der Waals surface area contributed by atoms with Gasteiger partial charge in [0.15, 0.2) is 0 Å². The molecular weight excluding hydrogens is 235 g/mol. The Balaban J connectivity index is 2.31. The van der Waals surface area contributed by atoms with Crippen LogP contribution in [-0.2, 0) is 11.8 Å². The average molecular weight is 254 g/mol. The lowest BCUT2D eigenvalue weighted by Crippen LogP contribution is -2.05. The summed E-state index contributed by atoms with van der Waals surface area (Å²) in [5, 5.41) is 0. The summed E-state index contributed by atoms with van der Waals surface area (Å²) in [7, 11) is 0. The van der Waals surface area contributed by atoms with Gasteiger partial charge in [0.25, 0.3) is 0 Å². The molecule has 0 saturated heterocycles. The number of hydrogen-bond donors (Lipinski definition) is 0. The molecule has 0 radical (unpaired) electrons. The van der Waals surface area contributed by atoms with Gasteiger partial charge in [0, 0.05) is 10.5 Å². The molecule has 0 N–H and O–H groups in total. The van der Waals surface area contributed by atoms with E-state index >= 15 is 0 Å². The Kier molecular flexibility index (Phi) is 4.27. The van der Waals surface area contributed by atoms with Crippen LogP contribution in [0.5, 0.6) is 0 Å². The monoisotopic (exact) mass is 254 g/mol. The van der Waals surface area contributed by atoms with Crippen LogP contribution in [0.15, 0.2) is 0 Å². The van der Waals surface area contributed by atoms with Crippen molar-refractivity contribution >= 4 is 39.0 Å². The van der Waals surface area contributed by atoms with Gasteiger partial charge in [0.1, 0.15) is 0 Å². The van der Waals surface area contributed by atoms with Gasteiger partial charge in [-0.3, -0.25) is 0 Å². The van der Waals surface area contributed by atoms with Gasteiger partial charge in [-0.05, 0) is 25.4 Å². The van der Waals surface area contributed by atoms with Crippen molar-refractivity contribution < 1.29 is 0 Å². The van der Waals surface area contributed by atoms with Gasteiger partial charge < -0.3 is 0 Å². The average Bonchev–Trinajstić information content (AvgIpc) is 2.59. The molecule has 0 bridgehead atoms. The summed E-state index contributed by atoms with van der Waals surface area (Å²) in [6.45, 7) is 9.07. The summed E-state index contributed by atoms with van der Waals surface area (Å²) in [5.74, 6) is 2.32. The molecule has 0 amide bonds. The quantitative estimate of drug-likeness (QED) is 0.673. The Morgan fingerprint density at radius 3 is 2.31 bits per heavy atom. The lowest BCUT2D eigenvalue weighted by molar-refractivity contribution is 0.810. The lowest BCUT2D eigenvalue weighted by atomic mass is 10.3. The van der Waals surface area contributed by atoms with Gasteiger partial charge in [-0.25, -0.2) is 0 Å². The van der Waals surface area contributed by atoms with E-state index in [-0.39, 0.29) is 0 Å². The molecule has 1 fully saturated rings. The van der Waals surface area contributed by atoms with E-state index in [1.165, 1.54) is 18.6 Å². The summed E-state index contributed by atoms with van der Waals surface area (Å²) in [4.78, 5) is 0. The minimum atomic E-state index is -1.16. The van der Waals surface area contributed by atoms with Crippen LogP contribution in [0.2, 0.25) is 0 Å². The maximum Gasteiger partial charge on any atom is 0.0547 e.